The second kappa shape index (κ2) is 5.64. The molecule has 2 aromatic heterocycles. The lowest BCUT2D eigenvalue weighted by atomic mass is 10.1. The molecule has 0 radical (unpaired) electrons. The third kappa shape index (κ3) is 2.19. The number of aromatic amines is 1. The number of para-hydroxylation sites is 1. The molecule has 4 aromatic rings. The van der Waals surface area contributed by atoms with Crippen LogP contribution in [0.3, 0.4) is 0 Å². The number of carbonyl (C=O) groups excluding carboxylic acids is 2. The minimum absolute atomic E-state index is 0.186. The van der Waals surface area contributed by atoms with E-state index < -0.39 is 0 Å². The average Bonchev–Trinajstić information content (AvgIpc) is 3.36. The van der Waals surface area contributed by atoms with Crippen LogP contribution in [0.5, 0.6) is 0 Å². The van der Waals surface area contributed by atoms with Crippen molar-refractivity contribution < 1.29 is 9.59 Å². The number of hydrogen-bond acceptors (Lipinski definition) is 4. The van der Waals surface area contributed by atoms with Crippen LogP contribution in [0.2, 0.25) is 0 Å². The van der Waals surface area contributed by atoms with Crippen molar-refractivity contribution in [2.45, 2.75) is 6.54 Å². The lowest BCUT2D eigenvalue weighted by Crippen LogP contribution is -2.29. The van der Waals surface area contributed by atoms with Crippen molar-refractivity contribution >= 4 is 34.1 Å². The first-order chi connectivity index (χ1) is 12.7. The first-order valence-corrected chi connectivity index (χ1v) is 9.06. The molecule has 26 heavy (non-hydrogen) atoms. The standard InChI is InChI=1S/C20H13N3O2S/c24-19-14-6-1-2-7-15(14)20(25)23(19)10-12-11-26-18(22-12)16-9-21-17-8-4-3-5-13(16)17/h1-9,11,21H,10H2. The molecule has 0 saturated carbocycles. The maximum atomic E-state index is 12.5. The van der Waals surface area contributed by atoms with Gasteiger partial charge in [-0.15, -0.1) is 11.3 Å². The highest BCUT2D eigenvalue weighted by atomic mass is 32.1. The van der Waals surface area contributed by atoms with Crippen molar-refractivity contribution in [3.8, 4) is 10.6 Å². The van der Waals surface area contributed by atoms with Gasteiger partial charge in [-0.1, -0.05) is 30.3 Å². The number of nitrogens with one attached hydrogen (secondary N) is 1. The van der Waals surface area contributed by atoms with E-state index >= 15 is 0 Å². The number of carbonyl (C=O) groups is 2. The SMILES string of the molecule is O=C1c2ccccc2C(=O)N1Cc1csc(-c2c[nH]c3ccccc23)n1. The maximum absolute atomic E-state index is 12.5. The minimum atomic E-state index is -0.257. The van der Waals surface area contributed by atoms with Crippen LogP contribution in [-0.2, 0) is 6.54 Å². The summed E-state index contributed by atoms with van der Waals surface area (Å²) in [6.45, 7) is 0.186. The summed E-state index contributed by atoms with van der Waals surface area (Å²) in [5.41, 5.74) is 3.72. The fraction of sp³-hybridized carbons (Fsp3) is 0.0500. The number of rotatable bonds is 3. The number of fused-ring (bicyclic) bond motifs is 2. The molecule has 5 rings (SSSR count). The van der Waals surface area contributed by atoms with E-state index in [0.29, 0.717) is 16.8 Å². The molecule has 5 nitrogen and oxygen atoms in total. The lowest BCUT2D eigenvalue weighted by Gasteiger charge is -2.11. The van der Waals surface area contributed by atoms with Gasteiger partial charge in [-0.2, -0.15) is 0 Å². The van der Waals surface area contributed by atoms with Crippen molar-refractivity contribution in [3.05, 3.63) is 76.9 Å². The highest BCUT2D eigenvalue weighted by Gasteiger charge is 2.35. The largest absolute Gasteiger partial charge is 0.360 e. The van der Waals surface area contributed by atoms with E-state index in [9.17, 15) is 9.59 Å². The lowest BCUT2D eigenvalue weighted by molar-refractivity contribution is 0.0640. The summed E-state index contributed by atoms with van der Waals surface area (Å²) in [5.74, 6) is -0.514. The van der Waals surface area contributed by atoms with E-state index in [2.05, 4.69) is 9.97 Å². The summed E-state index contributed by atoms with van der Waals surface area (Å²) in [5, 5.41) is 3.88. The topological polar surface area (TPSA) is 66.1 Å². The van der Waals surface area contributed by atoms with Crippen molar-refractivity contribution in [1.82, 2.24) is 14.9 Å². The highest BCUT2D eigenvalue weighted by molar-refractivity contribution is 7.13. The Morgan fingerprint density at radius 1 is 0.923 bits per heavy atom. The minimum Gasteiger partial charge on any atom is -0.360 e. The summed E-state index contributed by atoms with van der Waals surface area (Å²) >= 11 is 1.51. The van der Waals surface area contributed by atoms with Crippen molar-refractivity contribution in [3.63, 3.8) is 0 Å². The Labute approximate surface area is 152 Å². The number of thiazole rings is 1. The van der Waals surface area contributed by atoms with Gasteiger partial charge in [0.25, 0.3) is 11.8 Å². The Hall–Kier alpha value is -3.25. The number of aromatic nitrogens is 2. The van der Waals surface area contributed by atoms with Gasteiger partial charge in [-0.05, 0) is 18.2 Å². The van der Waals surface area contributed by atoms with Gasteiger partial charge in [-0.3, -0.25) is 14.5 Å². The molecule has 0 atom stereocenters. The van der Waals surface area contributed by atoms with Crippen LogP contribution < -0.4 is 0 Å². The first kappa shape index (κ1) is 15.0. The molecule has 0 saturated heterocycles. The van der Waals surface area contributed by atoms with Gasteiger partial charge < -0.3 is 4.98 Å². The van der Waals surface area contributed by atoms with E-state index in [1.807, 2.05) is 35.8 Å². The number of amides is 2. The molecule has 3 heterocycles. The van der Waals surface area contributed by atoms with Gasteiger partial charge in [0.15, 0.2) is 0 Å². The summed E-state index contributed by atoms with van der Waals surface area (Å²) in [6.07, 6.45) is 1.94. The number of benzene rings is 2. The van der Waals surface area contributed by atoms with Crippen molar-refractivity contribution in [2.24, 2.45) is 0 Å². The Morgan fingerprint density at radius 3 is 2.38 bits per heavy atom. The highest BCUT2D eigenvalue weighted by Crippen LogP contribution is 2.32. The summed E-state index contributed by atoms with van der Waals surface area (Å²) in [6, 6.07) is 15.0. The van der Waals surface area contributed by atoms with Crippen LogP contribution in [0, 0.1) is 0 Å². The normalized spacial score (nSPS) is 13.6. The Balaban J connectivity index is 1.45. The fourth-order valence-electron chi connectivity index (χ4n) is 3.30. The molecule has 1 aliphatic heterocycles. The molecule has 2 amide bonds. The van der Waals surface area contributed by atoms with E-state index in [1.54, 1.807) is 24.3 Å². The second-order valence-electron chi connectivity index (χ2n) is 6.13. The first-order valence-electron chi connectivity index (χ1n) is 8.18. The fourth-order valence-corrected chi connectivity index (χ4v) is 4.14. The van der Waals surface area contributed by atoms with Gasteiger partial charge in [-0.25, -0.2) is 4.98 Å². The quantitative estimate of drug-likeness (QED) is 0.560. The Morgan fingerprint density at radius 2 is 1.62 bits per heavy atom. The second-order valence-corrected chi connectivity index (χ2v) is 6.99. The smallest absolute Gasteiger partial charge is 0.261 e. The van der Waals surface area contributed by atoms with Gasteiger partial charge in [0.05, 0.1) is 23.4 Å². The van der Waals surface area contributed by atoms with Crippen LogP contribution >= 0.6 is 11.3 Å². The van der Waals surface area contributed by atoms with E-state index in [0.717, 1.165) is 21.5 Å². The molecule has 126 valence electrons. The predicted octanol–water partition coefficient (Wildman–Crippen LogP) is 4.09. The number of imide groups is 1. The molecule has 0 aliphatic carbocycles. The maximum Gasteiger partial charge on any atom is 0.261 e. The van der Waals surface area contributed by atoms with Gasteiger partial charge in [0.2, 0.25) is 0 Å². The molecular weight excluding hydrogens is 346 g/mol. The monoisotopic (exact) mass is 359 g/mol. The van der Waals surface area contributed by atoms with Gasteiger partial charge >= 0.3 is 0 Å². The van der Waals surface area contributed by atoms with Crippen LogP contribution in [0.15, 0.2) is 60.1 Å². The molecular formula is C20H13N3O2S. The number of H-pyrrole nitrogens is 1. The molecule has 0 bridgehead atoms. The molecule has 1 N–H and O–H groups in total. The zero-order valence-corrected chi connectivity index (χ0v) is 14.4. The zero-order chi connectivity index (χ0) is 17.7. The van der Waals surface area contributed by atoms with E-state index in [-0.39, 0.29) is 18.4 Å². The number of hydrogen-bond donors (Lipinski definition) is 1. The Kier molecular flexibility index (Phi) is 3.26. The van der Waals surface area contributed by atoms with Crippen LogP contribution in [0.25, 0.3) is 21.5 Å². The molecule has 0 unspecified atom stereocenters. The average molecular weight is 359 g/mol. The zero-order valence-electron chi connectivity index (χ0n) is 13.6. The number of nitrogens with zero attached hydrogens (tertiary/aromatic N) is 2. The van der Waals surface area contributed by atoms with E-state index in [4.69, 9.17) is 0 Å². The molecule has 2 aromatic carbocycles. The van der Waals surface area contributed by atoms with Crippen LogP contribution in [0.4, 0.5) is 0 Å². The molecule has 0 fully saturated rings. The van der Waals surface area contributed by atoms with Gasteiger partial charge in [0, 0.05) is 28.0 Å². The molecule has 0 spiro atoms. The van der Waals surface area contributed by atoms with Gasteiger partial charge in [0.1, 0.15) is 5.01 Å². The summed E-state index contributed by atoms with van der Waals surface area (Å²) < 4.78 is 0. The van der Waals surface area contributed by atoms with E-state index in [1.165, 1.54) is 16.2 Å². The van der Waals surface area contributed by atoms with Crippen LogP contribution in [-0.4, -0.2) is 26.7 Å². The predicted molar refractivity (Wildman–Crippen MR) is 100 cm³/mol. The third-order valence-electron chi connectivity index (χ3n) is 4.57. The third-order valence-corrected chi connectivity index (χ3v) is 5.49. The Bertz CT molecular complexity index is 1140. The van der Waals surface area contributed by atoms with Crippen LogP contribution in [0.1, 0.15) is 26.4 Å². The molecule has 1 aliphatic rings. The summed E-state index contributed by atoms with van der Waals surface area (Å²) in [4.78, 5) is 34.2. The summed E-state index contributed by atoms with van der Waals surface area (Å²) in [7, 11) is 0. The molecule has 6 heteroatoms. The van der Waals surface area contributed by atoms with Crippen molar-refractivity contribution in [1.29, 1.82) is 0 Å². The van der Waals surface area contributed by atoms with Crippen molar-refractivity contribution in [2.75, 3.05) is 0 Å².